The molecule has 0 spiro atoms. The van der Waals surface area contributed by atoms with E-state index < -0.39 is 21.5 Å². The summed E-state index contributed by atoms with van der Waals surface area (Å²) >= 11 is 0. The van der Waals surface area contributed by atoms with Crippen molar-refractivity contribution in [1.29, 1.82) is 0 Å². The van der Waals surface area contributed by atoms with Crippen molar-refractivity contribution < 1.29 is 17.2 Å². The molecule has 2 saturated heterocycles. The minimum absolute atomic E-state index is 0.0633. The summed E-state index contributed by atoms with van der Waals surface area (Å²) in [5.41, 5.74) is 0.160. The van der Waals surface area contributed by atoms with Gasteiger partial charge in [-0.3, -0.25) is 4.99 Å². The van der Waals surface area contributed by atoms with Gasteiger partial charge in [0.25, 0.3) is 0 Å². The number of likely N-dealkylation sites (tertiary alicyclic amines) is 1. The van der Waals surface area contributed by atoms with Crippen molar-refractivity contribution >= 4 is 15.8 Å². The van der Waals surface area contributed by atoms with Crippen LogP contribution in [0.5, 0.6) is 0 Å². The van der Waals surface area contributed by atoms with Crippen molar-refractivity contribution in [1.82, 2.24) is 10.2 Å². The van der Waals surface area contributed by atoms with E-state index in [1.54, 1.807) is 0 Å². The highest BCUT2D eigenvalue weighted by atomic mass is 32.2. The van der Waals surface area contributed by atoms with Gasteiger partial charge in [-0.1, -0.05) is 6.07 Å². The van der Waals surface area contributed by atoms with Crippen LogP contribution in [0.1, 0.15) is 37.2 Å². The van der Waals surface area contributed by atoms with Gasteiger partial charge in [0.05, 0.1) is 11.5 Å². The Bertz CT molecular complexity index is 819. The second kappa shape index (κ2) is 7.37. The molecule has 3 aliphatic rings. The summed E-state index contributed by atoms with van der Waals surface area (Å²) in [5, 5.41) is 3.42. The van der Waals surface area contributed by atoms with E-state index in [2.05, 4.69) is 15.2 Å². The van der Waals surface area contributed by atoms with Crippen LogP contribution in [0.2, 0.25) is 0 Å². The van der Waals surface area contributed by atoms with Crippen LogP contribution in [0.15, 0.2) is 23.2 Å². The Morgan fingerprint density at radius 2 is 1.93 bits per heavy atom. The highest BCUT2D eigenvalue weighted by molar-refractivity contribution is 7.91. The standard InChI is InChI=1S/C19H25F2N3O2S/c20-16-2-1-3-17(21)18(16)14-6-8-24(11-14)19(23-15-4-5-15)22-10-13-7-9-27(25,26)12-13/h1-3,13-15H,4-12H2,(H,22,23). The van der Waals surface area contributed by atoms with Crippen LogP contribution in [-0.2, 0) is 9.84 Å². The van der Waals surface area contributed by atoms with E-state index in [0.29, 0.717) is 38.5 Å². The van der Waals surface area contributed by atoms with Gasteiger partial charge in [-0.2, -0.15) is 0 Å². The number of halogens is 2. The molecule has 2 unspecified atom stereocenters. The van der Waals surface area contributed by atoms with Crippen molar-refractivity contribution in [3.8, 4) is 0 Å². The van der Waals surface area contributed by atoms with Crippen LogP contribution in [-0.4, -0.2) is 56.5 Å². The Balaban J connectivity index is 1.46. The van der Waals surface area contributed by atoms with Gasteiger partial charge in [-0.25, -0.2) is 17.2 Å². The Labute approximate surface area is 158 Å². The third-order valence-electron chi connectivity index (χ3n) is 5.63. The van der Waals surface area contributed by atoms with E-state index in [1.807, 2.05) is 0 Å². The highest BCUT2D eigenvalue weighted by Gasteiger charge is 2.33. The molecule has 8 heteroatoms. The first-order valence-corrected chi connectivity index (χ1v) is 11.4. The molecule has 1 N–H and O–H groups in total. The monoisotopic (exact) mass is 397 g/mol. The lowest BCUT2D eigenvalue weighted by atomic mass is 9.97. The van der Waals surface area contributed by atoms with Gasteiger partial charge >= 0.3 is 0 Å². The van der Waals surface area contributed by atoms with Crippen LogP contribution in [0.4, 0.5) is 8.78 Å². The first-order valence-electron chi connectivity index (χ1n) is 9.61. The molecule has 2 heterocycles. The maximum atomic E-state index is 14.1. The SMILES string of the molecule is O=S1(=O)CCC(CN=C(NC2CC2)N2CCC(c3c(F)cccc3F)C2)C1. The number of hydrogen-bond acceptors (Lipinski definition) is 3. The van der Waals surface area contributed by atoms with Crippen molar-refractivity contribution in [3.05, 3.63) is 35.4 Å². The van der Waals surface area contributed by atoms with Crippen molar-refractivity contribution in [2.75, 3.05) is 31.1 Å². The van der Waals surface area contributed by atoms with Gasteiger partial charge in [0, 0.05) is 37.2 Å². The maximum absolute atomic E-state index is 14.1. The Morgan fingerprint density at radius 3 is 2.56 bits per heavy atom. The molecular formula is C19H25F2N3O2S. The molecule has 2 aliphatic heterocycles. The Kier molecular flexibility index (Phi) is 5.09. The average Bonchev–Trinajstić information content (AvgIpc) is 3.18. The minimum atomic E-state index is -2.91. The third-order valence-corrected chi connectivity index (χ3v) is 7.47. The van der Waals surface area contributed by atoms with Gasteiger partial charge in [0.15, 0.2) is 15.8 Å². The molecule has 3 fully saturated rings. The number of sulfone groups is 1. The fourth-order valence-corrected chi connectivity index (χ4v) is 5.82. The summed E-state index contributed by atoms with van der Waals surface area (Å²) in [7, 11) is -2.91. The van der Waals surface area contributed by atoms with E-state index in [-0.39, 0.29) is 28.9 Å². The highest BCUT2D eigenvalue weighted by Crippen LogP contribution is 2.31. The number of nitrogens with zero attached hydrogens (tertiary/aromatic N) is 2. The summed E-state index contributed by atoms with van der Waals surface area (Å²) in [6.45, 7) is 1.67. The molecule has 148 valence electrons. The molecule has 0 bridgehead atoms. The number of benzene rings is 1. The molecule has 0 aromatic heterocycles. The van der Waals surface area contributed by atoms with Crippen LogP contribution in [0, 0.1) is 17.6 Å². The predicted octanol–water partition coefficient (Wildman–Crippen LogP) is 2.30. The molecule has 0 radical (unpaired) electrons. The lowest BCUT2D eigenvalue weighted by Crippen LogP contribution is -2.41. The zero-order valence-electron chi connectivity index (χ0n) is 15.2. The smallest absolute Gasteiger partial charge is 0.194 e. The molecule has 1 aromatic rings. The van der Waals surface area contributed by atoms with Gasteiger partial charge in [0.1, 0.15) is 11.6 Å². The summed E-state index contributed by atoms with van der Waals surface area (Å²) in [4.78, 5) is 6.74. The summed E-state index contributed by atoms with van der Waals surface area (Å²) in [5.74, 6) is 0.0738. The zero-order chi connectivity index (χ0) is 19.0. The lowest BCUT2D eigenvalue weighted by Gasteiger charge is -2.23. The quantitative estimate of drug-likeness (QED) is 0.626. The van der Waals surface area contributed by atoms with Crippen molar-refractivity contribution in [2.24, 2.45) is 10.9 Å². The predicted molar refractivity (Wildman–Crippen MR) is 101 cm³/mol. The molecule has 27 heavy (non-hydrogen) atoms. The molecular weight excluding hydrogens is 372 g/mol. The average molecular weight is 397 g/mol. The Morgan fingerprint density at radius 1 is 1.19 bits per heavy atom. The first kappa shape index (κ1) is 18.7. The molecule has 4 rings (SSSR count). The first-order chi connectivity index (χ1) is 12.9. The summed E-state index contributed by atoms with van der Waals surface area (Å²) < 4.78 is 51.5. The topological polar surface area (TPSA) is 61.8 Å². The number of nitrogens with one attached hydrogen (secondary N) is 1. The molecule has 1 aromatic carbocycles. The van der Waals surface area contributed by atoms with E-state index in [4.69, 9.17) is 0 Å². The van der Waals surface area contributed by atoms with Gasteiger partial charge < -0.3 is 10.2 Å². The second-order valence-corrected chi connectivity index (χ2v) is 10.1. The van der Waals surface area contributed by atoms with Gasteiger partial charge in [-0.15, -0.1) is 0 Å². The summed E-state index contributed by atoms with van der Waals surface area (Å²) in [6.07, 6.45) is 3.51. The number of guanidine groups is 1. The number of hydrogen-bond donors (Lipinski definition) is 1. The van der Waals surface area contributed by atoms with E-state index in [1.165, 1.54) is 18.2 Å². The van der Waals surface area contributed by atoms with E-state index >= 15 is 0 Å². The fraction of sp³-hybridized carbons (Fsp3) is 0.632. The molecule has 2 atom stereocenters. The van der Waals surface area contributed by atoms with E-state index in [9.17, 15) is 17.2 Å². The largest absolute Gasteiger partial charge is 0.354 e. The summed E-state index contributed by atoms with van der Waals surface area (Å²) in [6, 6.07) is 4.40. The molecule has 5 nitrogen and oxygen atoms in total. The molecule has 0 amide bonds. The second-order valence-electron chi connectivity index (χ2n) is 7.92. The van der Waals surface area contributed by atoms with E-state index in [0.717, 1.165) is 18.8 Å². The van der Waals surface area contributed by atoms with Crippen molar-refractivity contribution in [2.45, 2.75) is 37.6 Å². The minimum Gasteiger partial charge on any atom is -0.354 e. The zero-order valence-corrected chi connectivity index (χ0v) is 16.0. The molecule has 1 saturated carbocycles. The third kappa shape index (κ3) is 4.42. The lowest BCUT2D eigenvalue weighted by molar-refractivity contribution is 0.468. The van der Waals surface area contributed by atoms with Crippen LogP contribution in [0.3, 0.4) is 0 Å². The normalized spacial score (nSPS) is 27.9. The number of aliphatic imine (C=N–C) groups is 1. The maximum Gasteiger partial charge on any atom is 0.194 e. The molecule has 1 aliphatic carbocycles. The Hall–Kier alpha value is -1.70. The van der Waals surface area contributed by atoms with Crippen molar-refractivity contribution in [3.63, 3.8) is 0 Å². The fourth-order valence-electron chi connectivity index (χ4n) is 3.97. The number of rotatable bonds is 4. The van der Waals surface area contributed by atoms with Crippen LogP contribution in [0.25, 0.3) is 0 Å². The van der Waals surface area contributed by atoms with Crippen LogP contribution >= 0.6 is 0 Å². The van der Waals surface area contributed by atoms with Gasteiger partial charge in [0.2, 0.25) is 0 Å². The van der Waals surface area contributed by atoms with Crippen LogP contribution < -0.4 is 5.32 Å². The van der Waals surface area contributed by atoms with Gasteiger partial charge in [-0.05, 0) is 43.7 Å².